The molecule has 1 aliphatic rings. The standard InChI is InChI=1S/C18H23N3O2/c1-14-5-2-3-7-17(14)23-12-9-18(22)21-11-4-6-15(13-21)16-8-10-19-20-16/h2-3,5,7-8,10,15H,4,6,9,11-13H2,1H3,(H,19,20)/t15-/m1/s1. The minimum Gasteiger partial charge on any atom is -0.493 e. The van der Waals surface area contributed by atoms with E-state index < -0.39 is 0 Å². The Kier molecular flexibility index (Phi) is 4.95. The predicted octanol–water partition coefficient (Wildman–Crippen LogP) is 2.89. The number of para-hydroxylation sites is 1. The van der Waals surface area contributed by atoms with E-state index in [2.05, 4.69) is 10.2 Å². The lowest BCUT2D eigenvalue weighted by Crippen LogP contribution is -2.39. The molecule has 1 aromatic carbocycles. The average Bonchev–Trinajstić information content (AvgIpc) is 3.11. The van der Waals surface area contributed by atoms with Gasteiger partial charge in [-0.1, -0.05) is 18.2 Å². The normalized spacial score (nSPS) is 18.0. The van der Waals surface area contributed by atoms with Gasteiger partial charge in [0.1, 0.15) is 5.75 Å². The van der Waals surface area contributed by atoms with Crippen molar-refractivity contribution in [1.82, 2.24) is 15.1 Å². The van der Waals surface area contributed by atoms with Crippen molar-refractivity contribution in [3.05, 3.63) is 47.8 Å². The summed E-state index contributed by atoms with van der Waals surface area (Å²) < 4.78 is 5.73. The van der Waals surface area contributed by atoms with Crippen molar-refractivity contribution >= 4 is 5.91 Å². The Balaban J connectivity index is 1.49. The molecule has 1 saturated heterocycles. The minimum absolute atomic E-state index is 0.169. The van der Waals surface area contributed by atoms with Crippen LogP contribution in [-0.4, -0.2) is 40.7 Å². The summed E-state index contributed by atoms with van der Waals surface area (Å²) in [4.78, 5) is 14.4. The smallest absolute Gasteiger partial charge is 0.226 e. The molecular weight excluding hydrogens is 290 g/mol. The quantitative estimate of drug-likeness (QED) is 0.923. The van der Waals surface area contributed by atoms with E-state index in [1.165, 1.54) is 0 Å². The number of amides is 1. The highest BCUT2D eigenvalue weighted by atomic mass is 16.5. The lowest BCUT2D eigenvalue weighted by atomic mass is 9.95. The molecule has 1 atom stereocenters. The number of hydrogen-bond donors (Lipinski definition) is 1. The summed E-state index contributed by atoms with van der Waals surface area (Å²) in [6.45, 7) is 4.05. The first-order valence-electron chi connectivity index (χ1n) is 8.19. The number of H-pyrrole nitrogens is 1. The van der Waals surface area contributed by atoms with Crippen LogP contribution in [0.1, 0.15) is 36.4 Å². The van der Waals surface area contributed by atoms with Gasteiger partial charge >= 0.3 is 0 Å². The number of nitrogens with zero attached hydrogens (tertiary/aromatic N) is 2. The van der Waals surface area contributed by atoms with Gasteiger partial charge in [0, 0.05) is 30.9 Å². The van der Waals surface area contributed by atoms with Gasteiger partial charge in [-0.3, -0.25) is 9.89 Å². The fraction of sp³-hybridized carbons (Fsp3) is 0.444. The Hall–Kier alpha value is -2.30. The molecule has 1 aromatic heterocycles. The Morgan fingerprint density at radius 3 is 3.04 bits per heavy atom. The zero-order valence-electron chi connectivity index (χ0n) is 13.5. The number of carbonyl (C=O) groups excluding carboxylic acids is 1. The second kappa shape index (κ2) is 7.31. The van der Waals surface area contributed by atoms with Gasteiger partial charge in [0.2, 0.25) is 5.91 Å². The maximum atomic E-state index is 12.4. The van der Waals surface area contributed by atoms with E-state index in [1.807, 2.05) is 42.2 Å². The summed E-state index contributed by atoms with van der Waals surface area (Å²) in [5, 5.41) is 7.03. The molecular formula is C18H23N3O2. The number of benzene rings is 1. The maximum Gasteiger partial charge on any atom is 0.226 e. The Morgan fingerprint density at radius 1 is 1.39 bits per heavy atom. The van der Waals surface area contributed by atoms with Gasteiger partial charge in [0.15, 0.2) is 0 Å². The number of carbonyl (C=O) groups is 1. The summed E-state index contributed by atoms with van der Waals surface area (Å²) in [5.41, 5.74) is 2.22. The number of aromatic amines is 1. The molecule has 5 heteroatoms. The van der Waals surface area contributed by atoms with E-state index in [4.69, 9.17) is 4.74 Å². The molecule has 2 aromatic rings. The summed E-state index contributed by atoms with van der Waals surface area (Å²) in [5.74, 6) is 1.39. The number of aryl methyl sites for hydroxylation is 1. The van der Waals surface area contributed by atoms with Gasteiger partial charge in [0.25, 0.3) is 0 Å². The molecule has 0 unspecified atom stereocenters. The number of ether oxygens (including phenoxy) is 1. The van der Waals surface area contributed by atoms with E-state index in [0.29, 0.717) is 18.9 Å². The zero-order valence-corrected chi connectivity index (χ0v) is 13.5. The lowest BCUT2D eigenvalue weighted by Gasteiger charge is -2.32. The predicted molar refractivity (Wildman–Crippen MR) is 88.4 cm³/mol. The van der Waals surface area contributed by atoms with E-state index in [0.717, 1.165) is 42.9 Å². The fourth-order valence-electron chi connectivity index (χ4n) is 3.08. The topological polar surface area (TPSA) is 58.2 Å². The summed E-state index contributed by atoms with van der Waals surface area (Å²) in [6.07, 6.45) is 4.33. The Morgan fingerprint density at radius 2 is 2.26 bits per heavy atom. The zero-order chi connectivity index (χ0) is 16.1. The van der Waals surface area contributed by atoms with Gasteiger partial charge in [0.05, 0.1) is 13.0 Å². The molecule has 122 valence electrons. The van der Waals surface area contributed by atoms with Crippen LogP contribution in [0.15, 0.2) is 36.5 Å². The second-order valence-corrected chi connectivity index (χ2v) is 6.05. The van der Waals surface area contributed by atoms with Crippen molar-refractivity contribution in [2.75, 3.05) is 19.7 Å². The van der Waals surface area contributed by atoms with Gasteiger partial charge in [-0.25, -0.2) is 0 Å². The van der Waals surface area contributed by atoms with Gasteiger partial charge in [-0.05, 0) is 37.5 Å². The SMILES string of the molecule is Cc1ccccc1OCCC(=O)N1CCC[C@@H](c2ccn[nH]2)C1. The number of nitrogens with one attached hydrogen (secondary N) is 1. The Bertz CT molecular complexity index is 639. The number of aromatic nitrogens is 2. The van der Waals surface area contributed by atoms with Crippen molar-refractivity contribution in [2.45, 2.75) is 32.1 Å². The van der Waals surface area contributed by atoms with Crippen LogP contribution in [-0.2, 0) is 4.79 Å². The first-order valence-corrected chi connectivity index (χ1v) is 8.19. The largest absolute Gasteiger partial charge is 0.493 e. The summed E-state index contributed by atoms with van der Waals surface area (Å²) in [6, 6.07) is 9.88. The van der Waals surface area contributed by atoms with E-state index >= 15 is 0 Å². The van der Waals surface area contributed by atoms with E-state index in [9.17, 15) is 4.79 Å². The highest BCUT2D eigenvalue weighted by Gasteiger charge is 2.25. The van der Waals surface area contributed by atoms with Crippen LogP contribution in [0.25, 0.3) is 0 Å². The molecule has 3 rings (SSSR count). The van der Waals surface area contributed by atoms with Crippen LogP contribution in [0, 0.1) is 6.92 Å². The first-order chi connectivity index (χ1) is 11.2. The minimum atomic E-state index is 0.169. The third-order valence-corrected chi connectivity index (χ3v) is 4.40. The summed E-state index contributed by atoms with van der Waals surface area (Å²) in [7, 11) is 0. The van der Waals surface area contributed by atoms with Gasteiger partial charge < -0.3 is 9.64 Å². The number of piperidine rings is 1. The third-order valence-electron chi connectivity index (χ3n) is 4.40. The first kappa shape index (κ1) is 15.6. The van der Waals surface area contributed by atoms with Crippen molar-refractivity contribution in [1.29, 1.82) is 0 Å². The van der Waals surface area contributed by atoms with Gasteiger partial charge in [-0.2, -0.15) is 5.10 Å². The fourth-order valence-corrected chi connectivity index (χ4v) is 3.08. The molecule has 0 aliphatic carbocycles. The highest BCUT2D eigenvalue weighted by molar-refractivity contribution is 5.76. The van der Waals surface area contributed by atoms with Crippen LogP contribution >= 0.6 is 0 Å². The molecule has 0 saturated carbocycles. The van der Waals surface area contributed by atoms with E-state index in [1.54, 1.807) is 6.20 Å². The van der Waals surface area contributed by atoms with Crippen LogP contribution in [0.5, 0.6) is 5.75 Å². The maximum absolute atomic E-state index is 12.4. The lowest BCUT2D eigenvalue weighted by molar-refractivity contribution is -0.132. The molecule has 5 nitrogen and oxygen atoms in total. The Labute approximate surface area is 136 Å². The van der Waals surface area contributed by atoms with Crippen LogP contribution in [0.2, 0.25) is 0 Å². The molecule has 1 aliphatic heterocycles. The van der Waals surface area contributed by atoms with Crippen LogP contribution in [0.4, 0.5) is 0 Å². The molecule has 1 N–H and O–H groups in total. The van der Waals surface area contributed by atoms with Crippen LogP contribution < -0.4 is 4.74 Å². The second-order valence-electron chi connectivity index (χ2n) is 6.05. The molecule has 0 spiro atoms. The molecule has 23 heavy (non-hydrogen) atoms. The van der Waals surface area contributed by atoms with Crippen LogP contribution in [0.3, 0.4) is 0 Å². The molecule has 0 bridgehead atoms. The van der Waals surface area contributed by atoms with Crippen molar-refractivity contribution in [3.63, 3.8) is 0 Å². The molecule has 0 radical (unpaired) electrons. The molecule has 1 amide bonds. The number of likely N-dealkylation sites (tertiary alicyclic amines) is 1. The van der Waals surface area contributed by atoms with Crippen molar-refractivity contribution in [2.24, 2.45) is 0 Å². The third kappa shape index (κ3) is 3.92. The average molecular weight is 313 g/mol. The van der Waals surface area contributed by atoms with E-state index in [-0.39, 0.29) is 5.91 Å². The van der Waals surface area contributed by atoms with Crippen molar-refractivity contribution in [3.8, 4) is 5.75 Å². The van der Waals surface area contributed by atoms with Gasteiger partial charge in [-0.15, -0.1) is 0 Å². The number of rotatable bonds is 5. The monoisotopic (exact) mass is 313 g/mol. The highest BCUT2D eigenvalue weighted by Crippen LogP contribution is 2.25. The molecule has 1 fully saturated rings. The molecule has 2 heterocycles. The van der Waals surface area contributed by atoms with Crippen molar-refractivity contribution < 1.29 is 9.53 Å². The summed E-state index contributed by atoms with van der Waals surface area (Å²) >= 11 is 0. The number of hydrogen-bond acceptors (Lipinski definition) is 3.